The second-order valence-corrected chi connectivity index (χ2v) is 13.5. The molecule has 1 aliphatic heterocycles. The van der Waals surface area contributed by atoms with Gasteiger partial charge in [0.15, 0.2) is 0 Å². The average Bonchev–Trinajstić information content (AvgIpc) is 2.92. The average molecular weight is 531 g/mol. The van der Waals surface area contributed by atoms with Gasteiger partial charge in [-0.2, -0.15) is 0 Å². The fourth-order valence-corrected chi connectivity index (χ4v) is 5.35. The molecular weight excluding hydrogens is 486 g/mol. The van der Waals surface area contributed by atoms with Gasteiger partial charge in [-0.3, -0.25) is 9.42 Å². The zero-order valence-corrected chi connectivity index (χ0v) is 25.8. The Kier molecular flexibility index (Phi) is 14.1. The van der Waals surface area contributed by atoms with Gasteiger partial charge in [0.1, 0.15) is 12.2 Å². The van der Waals surface area contributed by atoms with Crippen molar-refractivity contribution in [2.45, 2.75) is 93.3 Å². The summed E-state index contributed by atoms with van der Waals surface area (Å²) in [4.78, 5) is 22.1. The molecule has 0 aromatic rings. The van der Waals surface area contributed by atoms with Gasteiger partial charge in [0.2, 0.25) is 5.76 Å². The van der Waals surface area contributed by atoms with Crippen LogP contribution >= 0.6 is 7.82 Å². The molecule has 0 fully saturated rings. The van der Waals surface area contributed by atoms with E-state index in [1.54, 1.807) is 0 Å². The summed E-state index contributed by atoms with van der Waals surface area (Å²) in [7, 11) is -4.81. The number of cyclic esters (lactones) is 1. The van der Waals surface area contributed by atoms with Gasteiger partial charge in [-0.15, -0.1) is 0 Å². The van der Waals surface area contributed by atoms with Crippen LogP contribution in [0, 0.1) is 28.6 Å². The molecule has 4 unspecified atom stereocenters. The number of esters is 1. The molecule has 1 rings (SSSR count). The van der Waals surface area contributed by atoms with Gasteiger partial charge in [0.05, 0.1) is 13.2 Å². The number of aliphatic hydroxyl groups is 2. The monoisotopic (exact) mass is 530 g/mol. The van der Waals surface area contributed by atoms with Crippen molar-refractivity contribution in [2.24, 2.45) is 28.6 Å². The first-order valence-corrected chi connectivity index (χ1v) is 13.4. The minimum atomic E-state index is -4.81. The van der Waals surface area contributed by atoms with Crippen LogP contribution in [0.4, 0.5) is 0 Å². The number of phosphoric acid groups is 1. The van der Waals surface area contributed by atoms with E-state index in [0.29, 0.717) is 5.92 Å². The molecule has 1 heterocycles. The van der Waals surface area contributed by atoms with Gasteiger partial charge in [0.25, 0.3) is 0 Å². The minimum absolute atomic E-state index is 0. The number of ether oxygens (including phenoxy) is 1. The number of rotatable bonds is 13. The third-order valence-corrected chi connectivity index (χ3v) is 6.72. The minimum Gasteiger partial charge on any atom is -0.870 e. The SMILES string of the molecule is CC(CCC(COP(=O)(O)OC1=C([O-])[C@@H]([C@@H](O)CO)OC1=O)C(C)CC(C)(C)C)CC(C)(C)C.[Na+]. The summed E-state index contributed by atoms with van der Waals surface area (Å²) in [5, 5.41) is 30.8. The van der Waals surface area contributed by atoms with Crippen molar-refractivity contribution in [1.82, 2.24) is 0 Å². The van der Waals surface area contributed by atoms with Crippen LogP contribution in [-0.4, -0.2) is 46.5 Å². The molecule has 9 nitrogen and oxygen atoms in total. The largest absolute Gasteiger partial charge is 1.00 e. The summed E-state index contributed by atoms with van der Waals surface area (Å²) in [6.45, 7) is 16.4. The molecule has 6 atom stereocenters. The van der Waals surface area contributed by atoms with E-state index in [0.717, 1.165) is 25.7 Å². The maximum absolute atomic E-state index is 12.6. The smallest absolute Gasteiger partial charge is 0.870 e. The van der Waals surface area contributed by atoms with E-state index in [1.807, 2.05) is 0 Å². The van der Waals surface area contributed by atoms with Crippen LogP contribution in [0.5, 0.6) is 0 Å². The molecule has 0 amide bonds. The molecule has 0 saturated heterocycles. The van der Waals surface area contributed by atoms with Crippen molar-refractivity contribution in [2.75, 3.05) is 13.2 Å². The molecule has 0 aromatic heterocycles. The summed E-state index contributed by atoms with van der Waals surface area (Å²) in [6.07, 6.45) is 0.314. The first-order chi connectivity index (χ1) is 15.3. The number of carbonyl (C=O) groups excluding carboxylic acids is 1. The summed E-state index contributed by atoms with van der Waals surface area (Å²) < 4.78 is 27.2. The van der Waals surface area contributed by atoms with Gasteiger partial charge in [0, 0.05) is 0 Å². The van der Waals surface area contributed by atoms with Crippen LogP contribution < -0.4 is 34.7 Å². The van der Waals surface area contributed by atoms with Crippen LogP contribution in [-0.2, 0) is 23.1 Å². The zero-order valence-electron chi connectivity index (χ0n) is 22.9. The topological polar surface area (TPSA) is 146 Å². The van der Waals surface area contributed by atoms with E-state index in [-0.39, 0.29) is 58.8 Å². The molecule has 0 saturated carbocycles. The van der Waals surface area contributed by atoms with E-state index < -0.39 is 44.1 Å². The first-order valence-electron chi connectivity index (χ1n) is 11.9. The maximum atomic E-state index is 12.6. The number of carbonyl (C=O) groups is 1. The Morgan fingerprint density at radius 3 is 2.11 bits per heavy atom. The van der Waals surface area contributed by atoms with Crippen LogP contribution in [0.1, 0.15) is 81.1 Å². The molecule has 1 aliphatic rings. The predicted molar refractivity (Wildman–Crippen MR) is 126 cm³/mol. The molecule has 3 N–H and O–H groups in total. The Morgan fingerprint density at radius 1 is 1.09 bits per heavy atom. The summed E-state index contributed by atoms with van der Waals surface area (Å²) >= 11 is 0. The van der Waals surface area contributed by atoms with E-state index in [9.17, 15) is 24.5 Å². The van der Waals surface area contributed by atoms with Gasteiger partial charge in [-0.25, -0.2) is 9.36 Å². The Bertz CT molecular complexity index is 757. The Hall–Kier alpha value is -0.120. The fraction of sp³-hybridized carbons (Fsp3) is 0.875. The summed E-state index contributed by atoms with van der Waals surface area (Å²) in [6, 6.07) is 0. The third kappa shape index (κ3) is 12.8. The van der Waals surface area contributed by atoms with E-state index in [4.69, 9.17) is 14.2 Å². The normalized spacial score (nSPS) is 22.0. The van der Waals surface area contributed by atoms with Crippen LogP contribution in [0.25, 0.3) is 0 Å². The van der Waals surface area contributed by atoms with Gasteiger partial charge >= 0.3 is 43.3 Å². The van der Waals surface area contributed by atoms with Crippen LogP contribution in [0.2, 0.25) is 0 Å². The van der Waals surface area contributed by atoms with Crippen molar-refractivity contribution in [3.63, 3.8) is 0 Å². The molecular formula is C24H44NaO9P. The molecule has 35 heavy (non-hydrogen) atoms. The van der Waals surface area contributed by atoms with Crippen molar-refractivity contribution >= 4 is 13.8 Å². The van der Waals surface area contributed by atoms with Crippen molar-refractivity contribution in [3.8, 4) is 0 Å². The van der Waals surface area contributed by atoms with E-state index in [1.165, 1.54) is 0 Å². The second-order valence-electron chi connectivity index (χ2n) is 12.1. The number of hydrogen-bond donors (Lipinski definition) is 3. The summed E-state index contributed by atoms with van der Waals surface area (Å²) in [5.41, 5.74) is 0.269. The number of hydrogen-bond acceptors (Lipinski definition) is 8. The molecule has 0 spiro atoms. The van der Waals surface area contributed by atoms with E-state index in [2.05, 4.69) is 60.1 Å². The molecule has 200 valence electrons. The standard InChI is InChI=1S/C24H45O9P.Na/c1-15(11-23(3,4)5)9-10-17(16(2)12-24(6,7)8)14-31-34(29,30)33-21-19(27)20(18(26)13-25)32-22(21)28;/h15-18,20,25-27H,9-14H2,1-8H3,(H,29,30);/q;+1/p-1/t15?,16?,17?,18-,20+;/m0./s1. The predicted octanol–water partition coefficient (Wildman–Crippen LogP) is 0.516. The van der Waals surface area contributed by atoms with Crippen LogP contribution in [0.15, 0.2) is 11.5 Å². The van der Waals surface area contributed by atoms with Crippen LogP contribution in [0.3, 0.4) is 0 Å². The third-order valence-electron chi connectivity index (χ3n) is 5.83. The molecule has 0 bridgehead atoms. The zero-order chi connectivity index (χ0) is 26.5. The van der Waals surface area contributed by atoms with Crippen molar-refractivity contribution in [3.05, 3.63) is 11.5 Å². The fourth-order valence-electron chi connectivity index (χ4n) is 4.53. The molecule has 0 aromatic carbocycles. The van der Waals surface area contributed by atoms with Crippen molar-refractivity contribution < 1.29 is 72.9 Å². The number of aliphatic hydroxyl groups excluding tert-OH is 2. The molecule has 0 aliphatic carbocycles. The Balaban J connectivity index is 0.0000116. The maximum Gasteiger partial charge on any atom is 1.00 e. The molecule has 11 heteroatoms. The summed E-state index contributed by atoms with van der Waals surface area (Å²) in [5.74, 6) is -2.78. The molecule has 0 radical (unpaired) electrons. The quantitative estimate of drug-likeness (QED) is 0.176. The van der Waals surface area contributed by atoms with Gasteiger partial charge < -0.3 is 24.6 Å². The van der Waals surface area contributed by atoms with Gasteiger partial charge in [-0.1, -0.05) is 61.8 Å². The number of phosphoric ester groups is 1. The van der Waals surface area contributed by atoms with Crippen molar-refractivity contribution in [1.29, 1.82) is 0 Å². The first kappa shape index (κ1) is 34.9. The second kappa shape index (κ2) is 14.1. The van der Waals surface area contributed by atoms with Gasteiger partial charge in [-0.05, 0) is 53.6 Å². The Morgan fingerprint density at radius 2 is 1.63 bits per heavy atom. The van der Waals surface area contributed by atoms with E-state index >= 15 is 0 Å². The Labute approximate surface area is 232 Å².